The van der Waals surface area contributed by atoms with E-state index in [2.05, 4.69) is 51.6 Å². The highest BCUT2D eigenvalue weighted by Gasteiger charge is 2.23. The second-order valence-electron chi connectivity index (χ2n) is 8.38. The SMILES string of the molecule is CCCOC(=O)COc1cc(CN2CC[C@@H](Nc3cccc4cnccc34)C2)ccc1C. The summed E-state index contributed by atoms with van der Waals surface area (Å²) in [6.45, 7) is 7.22. The number of carbonyl (C=O) groups excluding carboxylic acids is 1. The van der Waals surface area contributed by atoms with E-state index in [1.54, 1.807) is 0 Å². The first-order chi connectivity index (χ1) is 15.6. The first-order valence-corrected chi connectivity index (χ1v) is 11.3. The molecule has 1 aliphatic rings. The third-order valence-corrected chi connectivity index (χ3v) is 5.78. The lowest BCUT2D eigenvalue weighted by atomic mass is 10.1. The molecular weight excluding hydrogens is 402 g/mol. The van der Waals surface area contributed by atoms with Crippen molar-refractivity contribution >= 4 is 22.4 Å². The van der Waals surface area contributed by atoms with Crippen molar-refractivity contribution in [3.63, 3.8) is 0 Å². The Morgan fingerprint density at radius 1 is 1.25 bits per heavy atom. The number of esters is 1. The van der Waals surface area contributed by atoms with Gasteiger partial charge in [-0.2, -0.15) is 0 Å². The van der Waals surface area contributed by atoms with E-state index in [9.17, 15) is 4.79 Å². The Labute approximate surface area is 189 Å². The fraction of sp³-hybridized carbons (Fsp3) is 0.385. The summed E-state index contributed by atoms with van der Waals surface area (Å²) in [6, 6.07) is 15.0. The fourth-order valence-electron chi connectivity index (χ4n) is 4.11. The van der Waals surface area contributed by atoms with Gasteiger partial charge in [0.15, 0.2) is 6.61 Å². The second-order valence-corrected chi connectivity index (χ2v) is 8.38. The molecule has 0 spiro atoms. The monoisotopic (exact) mass is 433 g/mol. The van der Waals surface area contributed by atoms with Crippen LogP contribution in [0.5, 0.6) is 5.75 Å². The van der Waals surface area contributed by atoms with Crippen LogP contribution in [0.1, 0.15) is 30.9 Å². The zero-order valence-electron chi connectivity index (χ0n) is 18.8. The van der Waals surface area contributed by atoms with Gasteiger partial charge in [0.05, 0.1) is 6.61 Å². The summed E-state index contributed by atoms with van der Waals surface area (Å²) < 4.78 is 10.8. The van der Waals surface area contributed by atoms with Crippen molar-refractivity contribution in [3.05, 3.63) is 66.0 Å². The Hall–Kier alpha value is -3.12. The lowest BCUT2D eigenvalue weighted by Crippen LogP contribution is -2.26. The van der Waals surface area contributed by atoms with Gasteiger partial charge >= 0.3 is 5.97 Å². The van der Waals surface area contributed by atoms with Gasteiger partial charge in [-0.1, -0.05) is 31.2 Å². The number of ether oxygens (including phenoxy) is 2. The molecule has 1 aliphatic heterocycles. The molecule has 1 aromatic heterocycles. The molecule has 1 fully saturated rings. The molecular formula is C26H31N3O3. The highest BCUT2D eigenvalue weighted by Crippen LogP contribution is 2.26. The summed E-state index contributed by atoms with van der Waals surface area (Å²) in [5.74, 6) is 0.420. The zero-order valence-corrected chi connectivity index (χ0v) is 18.8. The number of carbonyl (C=O) groups is 1. The predicted octanol–water partition coefficient (Wildman–Crippen LogP) is 4.56. The number of benzene rings is 2. The number of aryl methyl sites for hydroxylation is 1. The Morgan fingerprint density at radius 2 is 2.16 bits per heavy atom. The molecule has 0 radical (unpaired) electrons. The first-order valence-electron chi connectivity index (χ1n) is 11.3. The smallest absolute Gasteiger partial charge is 0.344 e. The van der Waals surface area contributed by atoms with Crippen LogP contribution in [0.2, 0.25) is 0 Å². The predicted molar refractivity (Wildman–Crippen MR) is 127 cm³/mol. The Bertz CT molecular complexity index is 1060. The third kappa shape index (κ3) is 5.56. The van der Waals surface area contributed by atoms with Crippen LogP contribution in [-0.4, -0.2) is 48.2 Å². The van der Waals surface area contributed by atoms with E-state index in [0.717, 1.165) is 54.9 Å². The number of hydrogen-bond acceptors (Lipinski definition) is 6. The van der Waals surface area contributed by atoms with E-state index in [1.807, 2.05) is 32.3 Å². The fourth-order valence-corrected chi connectivity index (χ4v) is 4.11. The Morgan fingerprint density at radius 3 is 3.03 bits per heavy atom. The first kappa shape index (κ1) is 22.1. The minimum atomic E-state index is -0.325. The molecule has 1 N–H and O–H groups in total. The van der Waals surface area contributed by atoms with Crippen molar-refractivity contribution in [2.45, 2.75) is 39.3 Å². The van der Waals surface area contributed by atoms with Crippen molar-refractivity contribution in [1.29, 1.82) is 0 Å². The minimum Gasteiger partial charge on any atom is -0.482 e. The van der Waals surface area contributed by atoms with Gasteiger partial charge in [0.1, 0.15) is 5.75 Å². The van der Waals surface area contributed by atoms with E-state index < -0.39 is 0 Å². The van der Waals surface area contributed by atoms with Crippen molar-refractivity contribution < 1.29 is 14.3 Å². The van der Waals surface area contributed by atoms with Crippen LogP contribution >= 0.6 is 0 Å². The van der Waals surface area contributed by atoms with E-state index in [4.69, 9.17) is 9.47 Å². The maximum atomic E-state index is 11.8. The highest BCUT2D eigenvalue weighted by atomic mass is 16.6. The molecule has 2 aromatic carbocycles. The number of anilines is 1. The molecule has 0 bridgehead atoms. The van der Waals surface area contributed by atoms with Crippen LogP contribution in [0.25, 0.3) is 10.8 Å². The van der Waals surface area contributed by atoms with E-state index in [1.165, 1.54) is 10.9 Å². The van der Waals surface area contributed by atoms with Gasteiger partial charge < -0.3 is 14.8 Å². The number of nitrogens with zero attached hydrogens (tertiary/aromatic N) is 2. The third-order valence-electron chi connectivity index (χ3n) is 5.78. The average Bonchev–Trinajstić information content (AvgIpc) is 3.25. The number of rotatable bonds is 9. The average molecular weight is 434 g/mol. The molecule has 6 nitrogen and oxygen atoms in total. The molecule has 3 aromatic rings. The maximum Gasteiger partial charge on any atom is 0.344 e. The van der Waals surface area contributed by atoms with E-state index in [0.29, 0.717) is 12.6 Å². The Kier molecular flexibility index (Phi) is 7.22. The van der Waals surface area contributed by atoms with Gasteiger partial charge in [-0.05, 0) is 49.1 Å². The summed E-state index contributed by atoms with van der Waals surface area (Å²) in [5, 5.41) is 6.08. The molecule has 0 saturated carbocycles. The van der Waals surface area contributed by atoms with E-state index >= 15 is 0 Å². The number of hydrogen-bond donors (Lipinski definition) is 1. The summed E-state index contributed by atoms with van der Waals surface area (Å²) in [5.41, 5.74) is 3.37. The number of aromatic nitrogens is 1. The molecule has 4 rings (SSSR count). The topological polar surface area (TPSA) is 63.7 Å². The summed E-state index contributed by atoms with van der Waals surface area (Å²) in [6.07, 6.45) is 5.65. The Balaban J connectivity index is 1.33. The van der Waals surface area contributed by atoms with E-state index in [-0.39, 0.29) is 12.6 Å². The van der Waals surface area contributed by atoms with Crippen LogP contribution < -0.4 is 10.1 Å². The summed E-state index contributed by atoms with van der Waals surface area (Å²) in [4.78, 5) is 18.4. The van der Waals surface area contributed by atoms with Gasteiger partial charge in [-0.3, -0.25) is 9.88 Å². The van der Waals surface area contributed by atoms with Crippen molar-refractivity contribution in [3.8, 4) is 5.75 Å². The van der Waals surface area contributed by atoms with Crippen LogP contribution in [-0.2, 0) is 16.1 Å². The van der Waals surface area contributed by atoms with Crippen LogP contribution in [0.3, 0.4) is 0 Å². The lowest BCUT2D eigenvalue weighted by molar-refractivity contribution is -0.146. The lowest BCUT2D eigenvalue weighted by Gasteiger charge is -2.19. The van der Waals surface area contributed by atoms with Gasteiger partial charge in [0, 0.05) is 54.5 Å². The molecule has 0 amide bonds. The molecule has 1 atom stereocenters. The van der Waals surface area contributed by atoms with Gasteiger partial charge in [0.2, 0.25) is 0 Å². The number of fused-ring (bicyclic) bond motifs is 1. The number of likely N-dealkylation sites (tertiary alicyclic amines) is 1. The largest absolute Gasteiger partial charge is 0.482 e. The van der Waals surface area contributed by atoms with Crippen molar-refractivity contribution in [1.82, 2.24) is 9.88 Å². The quantitative estimate of drug-likeness (QED) is 0.499. The minimum absolute atomic E-state index is 0.0550. The van der Waals surface area contributed by atoms with Gasteiger partial charge in [-0.15, -0.1) is 0 Å². The molecule has 32 heavy (non-hydrogen) atoms. The molecule has 6 heteroatoms. The second kappa shape index (κ2) is 10.5. The van der Waals surface area contributed by atoms with Crippen molar-refractivity contribution in [2.75, 3.05) is 31.6 Å². The number of nitrogens with one attached hydrogen (secondary N) is 1. The molecule has 1 saturated heterocycles. The molecule has 168 valence electrons. The van der Waals surface area contributed by atoms with Crippen LogP contribution in [0.15, 0.2) is 54.9 Å². The van der Waals surface area contributed by atoms with Gasteiger partial charge in [-0.25, -0.2) is 4.79 Å². The van der Waals surface area contributed by atoms with Crippen LogP contribution in [0.4, 0.5) is 5.69 Å². The highest BCUT2D eigenvalue weighted by molar-refractivity contribution is 5.93. The normalized spacial score (nSPS) is 16.2. The molecule has 0 aliphatic carbocycles. The zero-order chi connectivity index (χ0) is 22.3. The molecule has 2 heterocycles. The number of pyridine rings is 1. The summed E-state index contributed by atoms with van der Waals surface area (Å²) in [7, 11) is 0. The van der Waals surface area contributed by atoms with Gasteiger partial charge in [0.25, 0.3) is 0 Å². The summed E-state index contributed by atoms with van der Waals surface area (Å²) >= 11 is 0. The van der Waals surface area contributed by atoms with Crippen LogP contribution in [0, 0.1) is 6.92 Å². The molecule has 0 unspecified atom stereocenters. The standard InChI is InChI=1S/C26H31N3O3/c1-3-13-31-26(30)18-32-25-14-20(8-7-19(25)2)16-29-12-10-22(17-29)28-24-6-4-5-21-15-27-11-9-23(21)24/h4-9,11,14-15,22,28H,3,10,12-13,16-18H2,1-2H3/t22-/m1/s1. The van der Waals surface area contributed by atoms with Crippen molar-refractivity contribution in [2.24, 2.45) is 0 Å². The maximum absolute atomic E-state index is 11.8.